The molecule has 3 aromatic heterocycles. The Kier molecular flexibility index (Phi) is 3.34. The fourth-order valence-electron chi connectivity index (χ4n) is 2.42. The third kappa shape index (κ3) is 2.24. The van der Waals surface area contributed by atoms with Gasteiger partial charge in [0, 0.05) is 6.07 Å². The van der Waals surface area contributed by atoms with E-state index in [0.717, 1.165) is 11.2 Å². The summed E-state index contributed by atoms with van der Waals surface area (Å²) in [6.07, 6.45) is 6.39. The molecule has 0 unspecified atom stereocenters. The van der Waals surface area contributed by atoms with Crippen LogP contribution in [0.1, 0.15) is 0 Å². The third-order valence-electron chi connectivity index (χ3n) is 3.56. The molecule has 0 N–H and O–H groups in total. The monoisotopic (exact) mass is 323 g/mol. The molecule has 0 amide bonds. The lowest BCUT2D eigenvalue weighted by molar-refractivity contribution is 0.355. The number of hydrogen-bond donors (Lipinski definition) is 0. The number of rotatable bonds is 4. The first-order valence-corrected chi connectivity index (χ1v) is 7.13. The number of hydrogen-bond acceptors (Lipinski definition) is 7. The Bertz CT molecular complexity index is 994. The number of methoxy groups -OCH3 is 2. The zero-order valence-electron chi connectivity index (χ0n) is 13.0. The molecule has 1 aromatic carbocycles. The second-order valence-corrected chi connectivity index (χ2v) is 4.90. The van der Waals surface area contributed by atoms with Crippen LogP contribution in [-0.2, 0) is 0 Å². The first-order chi connectivity index (χ1) is 11.8. The largest absolute Gasteiger partial charge is 0.493 e. The van der Waals surface area contributed by atoms with Crippen LogP contribution in [0.4, 0.5) is 0 Å². The average Bonchev–Trinajstić information content (AvgIpc) is 3.30. The lowest BCUT2D eigenvalue weighted by atomic mass is 10.2. The van der Waals surface area contributed by atoms with Crippen molar-refractivity contribution in [3.8, 4) is 28.9 Å². The normalized spacial score (nSPS) is 10.9. The van der Waals surface area contributed by atoms with Gasteiger partial charge in [-0.3, -0.25) is 0 Å². The highest BCUT2D eigenvalue weighted by molar-refractivity contribution is 5.76. The van der Waals surface area contributed by atoms with Gasteiger partial charge >= 0.3 is 0 Å². The highest BCUT2D eigenvalue weighted by Crippen LogP contribution is 2.30. The summed E-state index contributed by atoms with van der Waals surface area (Å²) >= 11 is 0. The number of aromatic nitrogens is 5. The van der Waals surface area contributed by atoms with E-state index >= 15 is 0 Å². The maximum atomic E-state index is 5.34. The standard InChI is InChI=1S/C16H13N5O3/c1-22-13-4-3-10(7-14(13)23-2)21-12-9-18-15(16-17-5-6-24-16)20-11(12)8-19-21/h3-9H,1-2H3. The summed E-state index contributed by atoms with van der Waals surface area (Å²) in [7, 11) is 3.19. The first kappa shape index (κ1) is 14.2. The lowest BCUT2D eigenvalue weighted by Crippen LogP contribution is -1.99. The third-order valence-corrected chi connectivity index (χ3v) is 3.56. The Balaban J connectivity index is 1.80. The molecule has 0 bridgehead atoms. The molecule has 0 radical (unpaired) electrons. The number of ether oxygens (including phenoxy) is 2. The minimum atomic E-state index is 0.371. The molecule has 120 valence electrons. The van der Waals surface area contributed by atoms with E-state index in [4.69, 9.17) is 13.9 Å². The van der Waals surface area contributed by atoms with Gasteiger partial charge in [0.15, 0.2) is 11.5 Å². The minimum Gasteiger partial charge on any atom is -0.493 e. The molecule has 0 aliphatic heterocycles. The molecule has 0 aliphatic rings. The van der Waals surface area contributed by atoms with E-state index in [9.17, 15) is 0 Å². The number of nitrogens with zero attached hydrogens (tertiary/aromatic N) is 5. The molecule has 0 atom stereocenters. The van der Waals surface area contributed by atoms with Crippen molar-refractivity contribution < 1.29 is 13.9 Å². The molecule has 4 aromatic rings. The Labute approximate surface area is 136 Å². The van der Waals surface area contributed by atoms with Crippen molar-refractivity contribution in [3.05, 3.63) is 43.1 Å². The summed E-state index contributed by atoms with van der Waals surface area (Å²) in [6.45, 7) is 0. The summed E-state index contributed by atoms with van der Waals surface area (Å²) in [5, 5.41) is 4.39. The summed E-state index contributed by atoms with van der Waals surface area (Å²) < 4.78 is 17.5. The smallest absolute Gasteiger partial charge is 0.264 e. The van der Waals surface area contributed by atoms with Crippen LogP contribution in [-0.4, -0.2) is 39.0 Å². The van der Waals surface area contributed by atoms with Gasteiger partial charge in [0.25, 0.3) is 5.89 Å². The topological polar surface area (TPSA) is 88.1 Å². The Morgan fingerprint density at radius 2 is 1.92 bits per heavy atom. The van der Waals surface area contributed by atoms with Crippen LogP contribution in [0, 0.1) is 0 Å². The molecule has 24 heavy (non-hydrogen) atoms. The predicted octanol–water partition coefficient (Wildman–Crippen LogP) is 2.49. The maximum Gasteiger partial charge on any atom is 0.264 e. The van der Waals surface area contributed by atoms with Gasteiger partial charge in [-0.1, -0.05) is 0 Å². The highest BCUT2D eigenvalue weighted by Gasteiger charge is 2.13. The van der Waals surface area contributed by atoms with Gasteiger partial charge in [-0.15, -0.1) is 0 Å². The second-order valence-electron chi connectivity index (χ2n) is 4.90. The van der Waals surface area contributed by atoms with Crippen LogP contribution < -0.4 is 9.47 Å². The highest BCUT2D eigenvalue weighted by atomic mass is 16.5. The van der Waals surface area contributed by atoms with E-state index in [1.54, 1.807) is 37.5 Å². The molecule has 0 spiro atoms. The zero-order chi connectivity index (χ0) is 16.5. The molecular formula is C16H13N5O3. The van der Waals surface area contributed by atoms with Crippen LogP contribution in [0.15, 0.2) is 47.5 Å². The van der Waals surface area contributed by atoms with Crippen LogP contribution >= 0.6 is 0 Å². The van der Waals surface area contributed by atoms with Crippen molar-refractivity contribution in [2.24, 2.45) is 0 Å². The van der Waals surface area contributed by atoms with Crippen LogP contribution in [0.25, 0.3) is 28.4 Å². The predicted molar refractivity (Wildman–Crippen MR) is 85.3 cm³/mol. The molecule has 0 aliphatic carbocycles. The molecular weight excluding hydrogens is 310 g/mol. The summed E-state index contributed by atoms with van der Waals surface area (Å²) in [6, 6.07) is 5.55. The van der Waals surface area contributed by atoms with Crippen LogP contribution in [0.2, 0.25) is 0 Å². The second kappa shape index (κ2) is 5.65. The van der Waals surface area contributed by atoms with Gasteiger partial charge in [0.05, 0.1) is 38.5 Å². The Hall–Kier alpha value is -3.42. The molecule has 8 nitrogen and oxygen atoms in total. The molecule has 8 heteroatoms. The molecule has 0 saturated carbocycles. The molecule has 4 rings (SSSR count). The van der Waals surface area contributed by atoms with E-state index < -0.39 is 0 Å². The van der Waals surface area contributed by atoms with Gasteiger partial charge in [-0.05, 0) is 12.1 Å². The summed E-state index contributed by atoms with van der Waals surface area (Å²) in [5.41, 5.74) is 2.26. The zero-order valence-corrected chi connectivity index (χ0v) is 13.0. The average molecular weight is 323 g/mol. The van der Waals surface area contributed by atoms with Gasteiger partial charge in [0.1, 0.15) is 17.3 Å². The van der Waals surface area contributed by atoms with Gasteiger partial charge < -0.3 is 13.9 Å². The van der Waals surface area contributed by atoms with Crippen molar-refractivity contribution in [2.45, 2.75) is 0 Å². The van der Waals surface area contributed by atoms with Crippen molar-refractivity contribution in [3.63, 3.8) is 0 Å². The quantitative estimate of drug-likeness (QED) is 0.570. The van der Waals surface area contributed by atoms with Crippen molar-refractivity contribution in [1.82, 2.24) is 24.7 Å². The maximum absolute atomic E-state index is 5.34. The van der Waals surface area contributed by atoms with E-state index in [1.165, 1.54) is 6.26 Å². The first-order valence-electron chi connectivity index (χ1n) is 7.13. The van der Waals surface area contributed by atoms with Crippen LogP contribution in [0.5, 0.6) is 11.5 Å². The fraction of sp³-hybridized carbons (Fsp3) is 0.125. The van der Waals surface area contributed by atoms with E-state index in [-0.39, 0.29) is 0 Å². The minimum absolute atomic E-state index is 0.371. The van der Waals surface area contributed by atoms with Crippen LogP contribution in [0.3, 0.4) is 0 Å². The van der Waals surface area contributed by atoms with Crippen molar-refractivity contribution in [2.75, 3.05) is 14.2 Å². The summed E-state index contributed by atoms with van der Waals surface area (Å²) in [5.74, 6) is 2.06. The number of oxazole rings is 1. The van der Waals surface area contributed by atoms with E-state index in [2.05, 4.69) is 20.1 Å². The van der Waals surface area contributed by atoms with Crippen molar-refractivity contribution >= 4 is 11.0 Å². The Morgan fingerprint density at radius 3 is 2.67 bits per heavy atom. The summed E-state index contributed by atoms with van der Waals surface area (Å²) in [4.78, 5) is 12.8. The van der Waals surface area contributed by atoms with Gasteiger partial charge in [-0.25, -0.2) is 19.6 Å². The van der Waals surface area contributed by atoms with E-state index in [0.29, 0.717) is 28.7 Å². The number of fused-ring (bicyclic) bond motifs is 1. The number of benzene rings is 1. The molecule has 0 fully saturated rings. The van der Waals surface area contributed by atoms with Gasteiger partial charge in [-0.2, -0.15) is 5.10 Å². The molecule has 3 heterocycles. The van der Waals surface area contributed by atoms with Gasteiger partial charge in [0.2, 0.25) is 5.82 Å². The Morgan fingerprint density at radius 1 is 1.04 bits per heavy atom. The fourth-order valence-corrected chi connectivity index (χ4v) is 2.42. The van der Waals surface area contributed by atoms with Crippen molar-refractivity contribution in [1.29, 1.82) is 0 Å². The lowest BCUT2D eigenvalue weighted by Gasteiger charge is -2.10. The SMILES string of the molecule is COc1ccc(-n2ncc3nc(-c4ncco4)ncc32)cc1OC. The van der Waals surface area contributed by atoms with E-state index in [1.807, 2.05) is 18.2 Å². The molecule has 0 saturated heterocycles.